The SMILES string of the molecule is CC(C)(C)COCCOP(=O)(O)O.CC(C)(C)COCCOP(=O)(O)O. The summed E-state index contributed by atoms with van der Waals surface area (Å²) < 4.78 is 39.0. The molecule has 160 valence electrons. The summed E-state index contributed by atoms with van der Waals surface area (Å²) in [5, 5.41) is 0. The Balaban J connectivity index is 0. The molecule has 0 atom stereocenters. The molecule has 0 saturated heterocycles. The Morgan fingerprint density at radius 1 is 0.615 bits per heavy atom. The lowest BCUT2D eigenvalue weighted by Gasteiger charge is -2.17. The van der Waals surface area contributed by atoms with Crippen molar-refractivity contribution < 1.29 is 47.2 Å². The van der Waals surface area contributed by atoms with Gasteiger partial charge in [-0.1, -0.05) is 41.5 Å². The van der Waals surface area contributed by atoms with Gasteiger partial charge in [-0.25, -0.2) is 9.13 Å². The van der Waals surface area contributed by atoms with Gasteiger partial charge in [0.15, 0.2) is 0 Å². The fourth-order valence-electron chi connectivity index (χ4n) is 1.19. The zero-order valence-corrected chi connectivity index (χ0v) is 18.2. The van der Waals surface area contributed by atoms with E-state index in [9.17, 15) is 9.13 Å². The summed E-state index contributed by atoms with van der Waals surface area (Å²) in [6.45, 7) is 13.4. The highest BCUT2D eigenvalue weighted by atomic mass is 31.2. The second-order valence-electron chi connectivity index (χ2n) is 7.87. The van der Waals surface area contributed by atoms with Crippen LogP contribution in [-0.2, 0) is 27.7 Å². The van der Waals surface area contributed by atoms with Crippen LogP contribution in [0.15, 0.2) is 0 Å². The van der Waals surface area contributed by atoms with Crippen molar-refractivity contribution in [2.24, 2.45) is 10.8 Å². The minimum absolute atomic E-state index is 0.0577. The zero-order valence-electron chi connectivity index (χ0n) is 16.4. The molecule has 4 N–H and O–H groups in total. The molecule has 0 unspecified atom stereocenters. The third-order valence-corrected chi connectivity index (χ3v) is 3.08. The van der Waals surface area contributed by atoms with Gasteiger partial charge < -0.3 is 29.0 Å². The minimum atomic E-state index is -4.33. The van der Waals surface area contributed by atoms with Crippen molar-refractivity contribution in [2.75, 3.05) is 39.6 Å². The molecule has 0 amide bonds. The summed E-state index contributed by atoms with van der Waals surface area (Å²) in [5.74, 6) is 0. The maximum atomic E-state index is 10.2. The molecule has 0 spiro atoms. The average molecular weight is 424 g/mol. The molecule has 0 radical (unpaired) electrons. The quantitative estimate of drug-likeness (QED) is 0.304. The Morgan fingerprint density at radius 3 is 1.08 bits per heavy atom. The van der Waals surface area contributed by atoms with E-state index in [1.54, 1.807) is 0 Å². The molecule has 0 aromatic carbocycles. The Labute approximate surface area is 155 Å². The molecule has 0 saturated carbocycles. The van der Waals surface area contributed by atoms with Gasteiger partial charge in [0.25, 0.3) is 0 Å². The maximum absolute atomic E-state index is 10.2. The van der Waals surface area contributed by atoms with Gasteiger partial charge in [-0.05, 0) is 10.8 Å². The lowest BCUT2D eigenvalue weighted by molar-refractivity contribution is 0.0443. The van der Waals surface area contributed by atoms with Crippen molar-refractivity contribution in [1.82, 2.24) is 0 Å². The first kappa shape index (κ1) is 28.4. The maximum Gasteiger partial charge on any atom is 0.469 e. The van der Waals surface area contributed by atoms with Crippen LogP contribution in [0, 0.1) is 10.8 Å². The first-order valence-corrected chi connectivity index (χ1v) is 11.0. The van der Waals surface area contributed by atoms with Gasteiger partial charge in [0.05, 0.1) is 39.6 Å². The van der Waals surface area contributed by atoms with Crippen LogP contribution in [0.1, 0.15) is 41.5 Å². The number of hydrogen-bond acceptors (Lipinski definition) is 6. The van der Waals surface area contributed by atoms with Crippen molar-refractivity contribution in [2.45, 2.75) is 41.5 Å². The molecule has 12 heteroatoms. The molecular weight excluding hydrogens is 390 g/mol. The first-order valence-electron chi connectivity index (χ1n) is 7.97. The molecule has 0 aliphatic carbocycles. The van der Waals surface area contributed by atoms with E-state index in [2.05, 4.69) is 9.05 Å². The monoisotopic (exact) mass is 424 g/mol. The molecule has 0 aliphatic heterocycles. The number of phosphoric acid groups is 2. The highest BCUT2D eigenvalue weighted by Gasteiger charge is 2.15. The summed E-state index contributed by atoms with van der Waals surface area (Å²) in [6.07, 6.45) is 0. The summed E-state index contributed by atoms with van der Waals surface area (Å²) in [5.41, 5.74) is 0.115. The van der Waals surface area contributed by atoms with E-state index in [0.717, 1.165) is 0 Å². The van der Waals surface area contributed by atoms with Crippen LogP contribution in [0.5, 0.6) is 0 Å². The topological polar surface area (TPSA) is 152 Å². The van der Waals surface area contributed by atoms with E-state index >= 15 is 0 Å². The van der Waals surface area contributed by atoms with Gasteiger partial charge in [-0.3, -0.25) is 9.05 Å². The standard InChI is InChI=1S/2C7H17O5P/c2*1-7(2,3)6-11-4-5-12-13(8,9)10/h2*4-6H2,1-3H3,(H2,8,9,10). The third kappa shape index (κ3) is 31.9. The van der Waals surface area contributed by atoms with E-state index in [-0.39, 0.29) is 37.3 Å². The lowest BCUT2D eigenvalue weighted by atomic mass is 9.99. The van der Waals surface area contributed by atoms with Gasteiger partial charge in [0.2, 0.25) is 0 Å². The summed E-state index contributed by atoms with van der Waals surface area (Å²) in [6, 6.07) is 0. The van der Waals surface area contributed by atoms with Crippen molar-refractivity contribution in [3.05, 3.63) is 0 Å². The van der Waals surface area contributed by atoms with Gasteiger partial charge in [-0.15, -0.1) is 0 Å². The minimum Gasteiger partial charge on any atom is -0.378 e. The number of phosphoric ester groups is 2. The van der Waals surface area contributed by atoms with Crippen LogP contribution in [0.2, 0.25) is 0 Å². The van der Waals surface area contributed by atoms with Gasteiger partial charge in [-0.2, -0.15) is 0 Å². The van der Waals surface area contributed by atoms with E-state index in [0.29, 0.717) is 13.2 Å². The fraction of sp³-hybridized carbons (Fsp3) is 1.00. The lowest BCUT2D eigenvalue weighted by Crippen LogP contribution is -2.16. The highest BCUT2D eigenvalue weighted by molar-refractivity contribution is 7.46. The van der Waals surface area contributed by atoms with Crippen molar-refractivity contribution in [3.8, 4) is 0 Å². The Morgan fingerprint density at radius 2 is 0.885 bits per heavy atom. The van der Waals surface area contributed by atoms with Gasteiger partial charge in [0.1, 0.15) is 0 Å². The summed E-state index contributed by atoms with van der Waals surface area (Å²) in [7, 11) is -8.65. The van der Waals surface area contributed by atoms with Crippen molar-refractivity contribution >= 4 is 15.6 Å². The predicted octanol–water partition coefficient (Wildman–Crippen LogP) is 2.32. The zero-order chi connectivity index (χ0) is 21.1. The third-order valence-electron chi connectivity index (χ3n) is 2.04. The summed E-state index contributed by atoms with van der Waals surface area (Å²) >= 11 is 0. The van der Waals surface area contributed by atoms with E-state index in [4.69, 9.17) is 29.0 Å². The molecule has 10 nitrogen and oxygen atoms in total. The summed E-state index contributed by atoms with van der Waals surface area (Å²) in [4.78, 5) is 33.2. The molecule has 0 heterocycles. The highest BCUT2D eigenvalue weighted by Crippen LogP contribution is 2.35. The normalized spacial score (nSPS) is 13.3. The Hall–Kier alpha value is 0.140. The molecule has 0 rings (SSSR count). The molecule has 0 aliphatic rings. The second kappa shape index (κ2) is 12.6. The average Bonchev–Trinajstić information content (AvgIpc) is 2.33. The van der Waals surface area contributed by atoms with E-state index in [1.165, 1.54) is 0 Å². The number of rotatable bonds is 10. The largest absolute Gasteiger partial charge is 0.469 e. The molecular formula is C14H34O10P2. The number of hydrogen-bond donors (Lipinski definition) is 4. The Kier molecular flexibility index (Phi) is 13.7. The van der Waals surface area contributed by atoms with Crippen LogP contribution < -0.4 is 0 Å². The number of ether oxygens (including phenoxy) is 2. The van der Waals surface area contributed by atoms with Crippen molar-refractivity contribution in [1.29, 1.82) is 0 Å². The van der Waals surface area contributed by atoms with Crippen LogP contribution in [0.4, 0.5) is 0 Å². The van der Waals surface area contributed by atoms with Crippen LogP contribution in [0.3, 0.4) is 0 Å². The predicted molar refractivity (Wildman–Crippen MR) is 96.5 cm³/mol. The van der Waals surface area contributed by atoms with Crippen LogP contribution in [-0.4, -0.2) is 59.2 Å². The molecule has 0 fully saturated rings. The molecule has 0 aromatic rings. The van der Waals surface area contributed by atoms with E-state index in [1.807, 2.05) is 41.5 Å². The van der Waals surface area contributed by atoms with E-state index < -0.39 is 15.6 Å². The van der Waals surface area contributed by atoms with Crippen LogP contribution >= 0.6 is 15.6 Å². The molecule has 0 bridgehead atoms. The molecule has 26 heavy (non-hydrogen) atoms. The van der Waals surface area contributed by atoms with Crippen molar-refractivity contribution in [3.63, 3.8) is 0 Å². The smallest absolute Gasteiger partial charge is 0.378 e. The van der Waals surface area contributed by atoms with Gasteiger partial charge in [0, 0.05) is 0 Å². The van der Waals surface area contributed by atoms with Gasteiger partial charge >= 0.3 is 15.6 Å². The fourth-order valence-corrected chi connectivity index (χ4v) is 1.81. The first-order chi connectivity index (χ1) is 11.4. The molecule has 0 aromatic heterocycles. The van der Waals surface area contributed by atoms with Crippen LogP contribution in [0.25, 0.3) is 0 Å². The second-order valence-corrected chi connectivity index (χ2v) is 10.4. The Bertz CT molecular complexity index is 402.